The van der Waals surface area contributed by atoms with Gasteiger partial charge in [0.1, 0.15) is 0 Å². The average Bonchev–Trinajstić information content (AvgIpc) is 2.37. The zero-order valence-corrected chi connectivity index (χ0v) is 11.9. The van der Waals surface area contributed by atoms with Crippen molar-refractivity contribution in [2.45, 2.75) is 37.8 Å². The molecule has 1 spiro atoms. The molecule has 6 heteroatoms. The number of methoxy groups -OCH3 is 1. The van der Waals surface area contributed by atoms with Crippen LogP contribution in [-0.4, -0.2) is 47.4 Å². The molecule has 2 atom stereocenters. The van der Waals surface area contributed by atoms with Crippen molar-refractivity contribution in [2.75, 3.05) is 19.5 Å². The van der Waals surface area contributed by atoms with Gasteiger partial charge in [-0.05, 0) is 25.3 Å². The lowest BCUT2D eigenvalue weighted by Crippen LogP contribution is -2.67. The molecule has 2 fully saturated rings. The van der Waals surface area contributed by atoms with Crippen molar-refractivity contribution in [1.29, 1.82) is 0 Å². The smallest absolute Gasteiger partial charge is 0.321 e. The second kappa shape index (κ2) is 5.01. The molecule has 108 valence electrons. The lowest BCUT2D eigenvalue weighted by atomic mass is 9.50. The first-order valence-electron chi connectivity index (χ1n) is 7.01. The number of rotatable bonds is 3. The topological polar surface area (TPSA) is 67.3 Å². The minimum Gasteiger partial charge on any atom is -0.381 e. The lowest BCUT2D eigenvalue weighted by molar-refractivity contribution is -0.181. The number of carbonyl (C=O) groups excluding carboxylic acids is 1. The number of amides is 2. The maximum atomic E-state index is 12.3. The highest BCUT2D eigenvalue weighted by Crippen LogP contribution is 2.58. The zero-order chi connectivity index (χ0) is 14.2. The van der Waals surface area contributed by atoms with Gasteiger partial charge >= 0.3 is 6.03 Å². The summed E-state index contributed by atoms with van der Waals surface area (Å²) in [5, 5.41) is 10.3. The number of nitrogens with one attached hydrogen (secondary N) is 1. The van der Waals surface area contributed by atoms with E-state index in [9.17, 15) is 4.79 Å². The van der Waals surface area contributed by atoms with Gasteiger partial charge in [-0.2, -0.15) is 10.2 Å². The fourth-order valence-electron chi connectivity index (χ4n) is 3.56. The molecule has 0 saturated heterocycles. The highest BCUT2D eigenvalue weighted by atomic mass is 16.5. The molecular weight excluding hydrogens is 256 g/mol. The van der Waals surface area contributed by atoms with E-state index < -0.39 is 0 Å². The Kier molecular flexibility index (Phi) is 3.33. The molecule has 1 heterocycles. The van der Waals surface area contributed by atoms with E-state index >= 15 is 0 Å². The number of urea groups is 1. The quantitative estimate of drug-likeness (QED) is 0.915. The van der Waals surface area contributed by atoms with Crippen molar-refractivity contribution in [3.05, 3.63) is 18.5 Å². The largest absolute Gasteiger partial charge is 0.381 e. The first kappa shape index (κ1) is 13.3. The molecule has 2 saturated carbocycles. The lowest BCUT2D eigenvalue weighted by Gasteiger charge is -2.62. The standard InChI is InChI=1S/C14H20N4O2/c1-18(13(19)17-10-4-7-15-16-9-10)11-8-12(20-2)14(11)5-3-6-14/h4,7,9,11-12H,3,5-6,8H2,1-2H3,(H,15,17,19)/t11-,12+/m0/s1. The molecule has 6 nitrogen and oxygen atoms in total. The third-order valence-electron chi connectivity index (χ3n) is 4.93. The van der Waals surface area contributed by atoms with Crippen molar-refractivity contribution in [3.8, 4) is 0 Å². The van der Waals surface area contributed by atoms with Gasteiger partial charge in [-0.3, -0.25) is 0 Å². The van der Waals surface area contributed by atoms with Gasteiger partial charge < -0.3 is 15.0 Å². The Labute approximate surface area is 118 Å². The number of carbonyl (C=O) groups is 1. The molecule has 1 aromatic heterocycles. The molecular formula is C14H20N4O2. The van der Waals surface area contributed by atoms with Crippen LogP contribution < -0.4 is 5.32 Å². The van der Waals surface area contributed by atoms with Crippen molar-refractivity contribution in [2.24, 2.45) is 5.41 Å². The summed E-state index contributed by atoms with van der Waals surface area (Å²) in [6.07, 6.45) is 7.89. The first-order valence-corrected chi connectivity index (χ1v) is 7.01. The number of hydrogen-bond donors (Lipinski definition) is 1. The SMILES string of the molecule is CO[C@@H]1C[C@H](N(C)C(=O)Nc2ccnnc2)C12CCC2. The molecule has 3 rings (SSSR count). The third kappa shape index (κ3) is 1.95. The van der Waals surface area contributed by atoms with E-state index in [1.165, 1.54) is 6.42 Å². The van der Waals surface area contributed by atoms with E-state index in [0.717, 1.165) is 19.3 Å². The molecule has 0 aliphatic heterocycles. The zero-order valence-electron chi connectivity index (χ0n) is 11.9. The molecule has 20 heavy (non-hydrogen) atoms. The van der Waals surface area contributed by atoms with Crippen LogP contribution in [0.15, 0.2) is 18.5 Å². The molecule has 2 aliphatic rings. The molecule has 2 aliphatic carbocycles. The predicted molar refractivity (Wildman–Crippen MR) is 74.3 cm³/mol. The monoisotopic (exact) mass is 276 g/mol. The van der Waals surface area contributed by atoms with E-state index in [2.05, 4.69) is 15.5 Å². The number of hydrogen-bond acceptors (Lipinski definition) is 4. The maximum absolute atomic E-state index is 12.3. The van der Waals surface area contributed by atoms with Gasteiger partial charge in [0.25, 0.3) is 0 Å². The summed E-state index contributed by atoms with van der Waals surface area (Å²) in [7, 11) is 3.63. The molecule has 2 amide bonds. The second-order valence-electron chi connectivity index (χ2n) is 5.73. The fourth-order valence-corrected chi connectivity index (χ4v) is 3.56. The van der Waals surface area contributed by atoms with Gasteiger partial charge in [-0.25, -0.2) is 4.79 Å². The fraction of sp³-hybridized carbons (Fsp3) is 0.643. The van der Waals surface area contributed by atoms with Crippen LogP contribution in [0.1, 0.15) is 25.7 Å². The number of nitrogens with zero attached hydrogens (tertiary/aromatic N) is 3. The third-order valence-corrected chi connectivity index (χ3v) is 4.93. The Morgan fingerprint density at radius 3 is 2.85 bits per heavy atom. The number of aromatic nitrogens is 2. The normalized spacial score (nSPS) is 26.5. The van der Waals surface area contributed by atoms with Crippen LogP contribution in [0.25, 0.3) is 0 Å². The summed E-state index contributed by atoms with van der Waals surface area (Å²) in [6.45, 7) is 0. The van der Waals surface area contributed by atoms with E-state index in [0.29, 0.717) is 11.8 Å². The van der Waals surface area contributed by atoms with Crippen molar-refractivity contribution < 1.29 is 9.53 Å². The number of ether oxygens (including phenoxy) is 1. The van der Waals surface area contributed by atoms with Gasteiger partial charge in [0.15, 0.2) is 0 Å². The van der Waals surface area contributed by atoms with Gasteiger partial charge in [-0.1, -0.05) is 6.42 Å². The minimum atomic E-state index is -0.0937. The van der Waals surface area contributed by atoms with Crippen LogP contribution in [0, 0.1) is 5.41 Å². The highest BCUT2D eigenvalue weighted by Gasteiger charge is 2.60. The molecule has 1 N–H and O–H groups in total. The van der Waals surface area contributed by atoms with Crippen LogP contribution in [0.4, 0.5) is 10.5 Å². The summed E-state index contributed by atoms with van der Waals surface area (Å²) in [5.41, 5.74) is 0.860. The van der Waals surface area contributed by atoms with Gasteiger partial charge in [0, 0.05) is 25.6 Å². The van der Waals surface area contributed by atoms with Crippen LogP contribution in [0.5, 0.6) is 0 Å². The second-order valence-corrected chi connectivity index (χ2v) is 5.73. The summed E-state index contributed by atoms with van der Waals surface area (Å²) in [5.74, 6) is 0. The Morgan fingerprint density at radius 2 is 2.30 bits per heavy atom. The van der Waals surface area contributed by atoms with Crippen LogP contribution >= 0.6 is 0 Å². The molecule has 0 aromatic carbocycles. The van der Waals surface area contributed by atoms with Crippen LogP contribution in [0.3, 0.4) is 0 Å². The van der Waals surface area contributed by atoms with Crippen molar-refractivity contribution in [3.63, 3.8) is 0 Å². The molecule has 0 radical (unpaired) electrons. The van der Waals surface area contributed by atoms with Gasteiger partial charge in [0.05, 0.1) is 24.2 Å². The van der Waals surface area contributed by atoms with Crippen LogP contribution in [0.2, 0.25) is 0 Å². The summed E-state index contributed by atoms with van der Waals surface area (Å²) in [4.78, 5) is 14.1. The van der Waals surface area contributed by atoms with Gasteiger partial charge in [0.2, 0.25) is 0 Å². The van der Waals surface area contributed by atoms with E-state index in [4.69, 9.17) is 4.74 Å². The van der Waals surface area contributed by atoms with Gasteiger partial charge in [-0.15, -0.1) is 0 Å². The highest BCUT2D eigenvalue weighted by molar-refractivity contribution is 5.89. The van der Waals surface area contributed by atoms with Crippen LogP contribution in [-0.2, 0) is 4.74 Å². The summed E-state index contributed by atoms with van der Waals surface area (Å²) >= 11 is 0. The van der Waals surface area contributed by atoms with Crippen molar-refractivity contribution >= 4 is 11.7 Å². The average molecular weight is 276 g/mol. The van der Waals surface area contributed by atoms with E-state index in [1.54, 1.807) is 25.6 Å². The predicted octanol–water partition coefficient (Wildman–Crippen LogP) is 1.90. The molecule has 0 bridgehead atoms. The Bertz CT molecular complexity index is 489. The Balaban J connectivity index is 1.64. The molecule has 0 unspecified atom stereocenters. The summed E-state index contributed by atoms with van der Waals surface area (Å²) in [6, 6.07) is 1.91. The number of anilines is 1. The summed E-state index contributed by atoms with van der Waals surface area (Å²) < 4.78 is 5.55. The van der Waals surface area contributed by atoms with Crippen molar-refractivity contribution in [1.82, 2.24) is 15.1 Å². The maximum Gasteiger partial charge on any atom is 0.321 e. The van der Waals surface area contributed by atoms with E-state index in [-0.39, 0.29) is 17.5 Å². The minimum absolute atomic E-state index is 0.0937. The van der Waals surface area contributed by atoms with E-state index in [1.807, 2.05) is 11.9 Å². The Hall–Kier alpha value is -1.69. The Morgan fingerprint density at radius 1 is 1.50 bits per heavy atom. The molecule has 1 aromatic rings. The first-order chi connectivity index (χ1) is 9.67.